The first-order valence-electron chi connectivity index (χ1n) is 10.4. The molecule has 1 saturated heterocycles. The van der Waals surface area contributed by atoms with Crippen LogP contribution in [0.3, 0.4) is 0 Å². The molecule has 0 atom stereocenters. The second-order valence-electron chi connectivity index (χ2n) is 7.37. The van der Waals surface area contributed by atoms with Gasteiger partial charge in [-0.3, -0.25) is 19.3 Å². The lowest BCUT2D eigenvalue weighted by molar-refractivity contribution is -0.123. The lowest BCUT2D eigenvalue weighted by Crippen LogP contribution is -2.37. The summed E-state index contributed by atoms with van der Waals surface area (Å²) >= 11 is 7.88. The summed E-state index contributed by atoms with van der Waals surface area (Å²) in [6, 6.07) is 13.2. The summed E-state index contributed by atoms with van der Waals surface area (Å²) < 4.78 is 15.6. The molecule has 0 aliphatic carbocycles. The molecule has 1 fully saturated rings. The van der Waals surface area contributed by atoms with Crippen LogP contribution in [0.25, 0.3) is 17.5 Å². The zero-order valence-electron chi connectivity index (χ0n) is 18.4. The number of hydrogen-bond acceptors (Lipinski definition) is 7. The number of hydrogen-bond donors (Lipinski definition) is 1. The standard InChI is InChI=1S/C23H19ClFN5O3S2/c1-29-20(14-6-8-16(24)9-7-14)27-28-22(29)34-13-19(31)26-10-11-30-21(32)18(35-23(30)33)12-15-4-2-3-5-17(15)25/h2-9,12H,10-11,13H2,1H3,(H,26,31)/b18-12-. The van der Waals surface area contributed by atoms with E-state index in [1.165, 1.54) is 30.0 Å². The summed E-state index contributed by atoms with van der Waals surface area (Å²) in [6.07, 6.45) is 1.36. The van der Waals surface area contributed by atoms with Gasteiger partial charge in [-0.15, -0.1) is 10.2 Å². The minimum Gasteiger partial charge on any atom is -0.354 e. The summed E-state index contributed by atoms with van der Waals surface area (Å²) in [5.41, 5.74) is 1.08. The van der Waals surface area contributed by atoms with Gasteiger partial charge in [0.25, 0.3) is 11.1 Å². The highest BCUT2D eigenvalue weighted by Gasteiger charge is 2.34. The third-order valence-electron chi connectivity index (χ3n) is 4.99. The van der Waals surface area contributed by atoms with E-state index in [9.17, 15) is 18.8 Å². The lowest BCUT2D eigenvalue weighted by Gasteiger charge is -2.12. The van der Waals surface area contributed by atoms with Crippen molar-refractivity contribution in [3.63, 3.8) is 0 Å². The zero-order chi connectivity index (χ0) is 24.9. The van der Waals surface area contributed by atoms with Crippen LogP contribution < -0.4 is 5.32 Å². The Bertz CT molecular complexity index is 1310. The van der Waals surface area contributed by atoms with Gasteiger partial charge in [-0.1, -0.05) is 41.6 Å². The number of carbonyl (C=O) groups excluding carboxylic acids is 3. The van der Waals surface area contributed by atoms with E-state index in [-0.39, 0.29) is 35.2 Å². The topological polar surface area (TPSA) is 97.2 Å². The predicted molar refractivity (Wildman–Crippen MR) is 134 cm³/mol. The Balaban J connectivity index is 1.27. The Labute approximate surface area is 213 Å². The molecule has 1 aliphatic rings. The van der Waals surface area contributed by atoms with Gasteiger partial charge < -0.3 is 9.88 Å². The number of carbonyl (C=O) groups is 3. The highest BCUT2D eigenvalue weighted by Crippen LogP contribution is 2.32. The molecule has 1 N–H and O–H groups in total. The van der Waals surface area contributed by atoms with Crippen molar-refractivity contribution < 1.29 is 18.8 Å². The Morgan fingerprint density at radius 2 is 1.91 bits per heavy atom. The molecule has 3 amide bonds. The number of rotatable bonds is 8. The zero-order valence-corrected chi connectivity index (χ0v) is 20.8. The van der Waals surface area contributed by atoms with E-state index < -0.39 is 17.0 Å². The average molecular weight is 532 g/mol. The fourth-order valence-corrected chi connectivity index (χ4v) is 4.93. The van der Waals surface area contributed by atoms with Crippen LogP contribution in [0.15, 0.2) is 58.6 Å². The molecule has 2 heterocycles. The van der Waals surface area contributed by atoms with Crippen molar-refractivity contribution in [2.45, 2.75) is 5.16 Å². The van der Waals surface area contributed by atoms with Gasteiger partial charge in [0.1, 0.15) is 5.82 Å². The molecule has 0 unspecified atom stereocenters. The SMILES string of the molecule is Cn1c(SCC(=O)NCCN2C(=O)S/C(=C\c3ccccc3F)C2=O)nnc1-c1ccc(Cl)cc1. The van der Waals surface area contributed by atoms with E-state index >= 15 is 0 Å². The molecule has 2 aromatic carbocycles. The lowest BCUT2D eigenvalue weighted by atomic mass is 10.2. The molecule has 0 bridgehead atoms. The van der Waals surface area contributed by atoms with E-state index in [1.807, 2.05) is 12.1 Å². The van der Waals surface area contributed by atoms with Gasteiger partial charge in [0.15, 0.2) is 11.0 Å². The number of nitrogens with zero attached hydrogens (tertiary/aromatic N) is 4. The summed E-state index contributed by atoms with van der Waals surface area (Å²) in [5, 5.41) is 11.7. The number of amides is 3. The maximum absolute atomic E-state index is 13.9. The Hall–Kier alpha value is -3.15. The minimum absolute atomic E-state index is 0.0142. The highest BCUT2D eigenvalue weighted by molar-refractivity contribution is 8.18. The first-order valence-corrected chi connectivity index (χ1v) is 12.6. The number of thioether (sulfide) groups is 2. The van der Waals surface area contributed by atoms with Crippen molar-refractivity contribution in [3.8, 4) is 11.4 Å². The van der Waals surface area contributed by atoms with E-state index in [0.29, 0.717) is 16.0 Å². The molecule has 8 nitrogen and oxygen atoms in total. The largest absolute Gasteiger partial charge is 0.354 e. The van der Waals surface area contributed by atoms with Gasteiger partial charge in [-0.05, 0) is 48.2 Å². The number of imide groups is 1. The average Bonchev–Trinajstić information content (AvgIpc) is 3.33. The second-order valence-corrected chi connectivity index (χ2v) is 9.74. The van der Waals surface area contributed by atoms with E-state index in [1.54, 1.807) is 35.9 Å². The summed E-state index contributed by atoms with van der Waals surface area (Å²) in [4.78, 5) is 38.2. The number of nitrogens with one attached hydrogen (secondary N) is 1. The van der Waals surface area contributed by atoms with Crippen LogP contribution in [0.2, 0.25) is 5.02 Å². The number of aromatic nitrogens is 3. The van der Waals surface area contributed by atoms with Crippen LogP contribution >= 0.6 is 35.1 Å². The molecule has 3 aromatic rings. The maximum atomic E-state index is 13.9. The fraction of sp³-hybridized carbons (Fsp3) is 0.174. The first kappa shape index (κ1) is 25.0. The Morgan fingerprint density at radius 3 is 2.66 bits per heavy atom. The molecule has 1 aromatic heterocycles. The van der Waals surface area contributed by atoms with Crippen molar-refractivity contribution >= 4 is 58.3 Å². The smallest absolute Gasteiger partial charge is 0.293 e. The van der Waals surface area contributed by atoms with Crippen LogP contribution in [-0.2, 0) is 16.6 Å². The van der Waals surface area contributed by atoms with Crippen molar-refractivity contribution in [1.29, 1.82) is 0 Å². The van der Waals surface area contributed by atoms with E-state index in [0.717, 1.165) is 22.2 Å². The second kappa shape index (κ2) is 11.1. The van der Waals surface area contributed by atoms with Crippen LogP contribution in [0.5, 0.6) is 0 Å². The molecular weight excluding hydrogens is 513 g/mol. The fourth-order valence-electron chi connectivity index (χ4n) is 3.21. The van der Waals surface area contributed by atoms with Gasteiger partial charge in [-0.2, -0.15) is 0 Å². The third kappa shape index (κ3) is 5.92. The van der Waals surface area contributed by atoms with Crippen LogP contribution in [0, 0.1) is 5.82 Å². The molecule has 0 radical (unpaired) electrons. The van der Waals surface area contributed by atoms with Gasteiger partial charge in [0.05, 0.1) is 10.7 Å². The normalized spacial score (nSPS) is 14.7. The quantitative estimate of drug-likeness (QED) is 0.343. The van der Waals surface area contributed by atoms with E-state index in [2.05, 4.69) is 15.5 Å². The molecule has 35 heavy (non-hydrogen) atoms. The summed E-state index contributed by atoms with van der Waals surface area (Å²) in [7, 11) is 1.80. The highest BCUT2D eigenvalue weighted by atomic mass is 35.5. The molecule has 12 heteroatoms. The third-order valence-corrected chi connectivity index (χ3v) is 7.17. The summed E-state index contributed by atoms with van der Waals surface area (Å²) in [5.74, 6) is -0.540. The van der Waals surface area contributed by atoms with E-state index in [4.69, 9.17) is 11.6 Å². The van der Waals surface area contributed by atoms with Crippen LogP contribution in [-0.4, -0.2) is 55.6 Å². The van der Waals surface area contributed by atoms with Crippen molar-refractivity contribution in [2.75, 3.05) is 18.8 Å². The van der Waals surface area contributed by atoms with Crippen molar-refractivity contribution in [2.24, 2.45) is 7.05 Å². The van der Waals surface area contributed by atoms with Crippen molar-refractivity contribution in [1.82, 2.24) is 25.0 Å². The Kier molecular flexibility index (Phi) is 7.89. The molecule has 0 saturated carbocycles. The summed E-state index contributed by atoms with van der Waals surface area (Å²) in [6.45, 7) is 0.111. The van der Waals surface area contributed by atoms with Gasteiger partial charge in [0, 0.05) is 36.3 Å². The molecule has 0 spiro atoms. The minimum atomic E-state index is -0.513. The van der Waals surface area contributed by atoms with Crippen LogP contribution in [0.4, 0.5) is 9.18 Å². The first-order chi connectivity index (χ1) is 16.8. The monoisotopic (exact) mass is 531 g/mol. The predicted octanol–water partition coefficient (Wildman–Crippen LogP) is 4.22. The molecule has 4 rings (SSSR count). The van der Waals surface area contributed by atoms with Crippen LogP contribution in [0.1, 0.15) is 5.56 Å². The van der Waals surface area contributed by atoms with Crippen molar-refractivity contribution in [3.05, 3.63) is 69.8 Å². The van der Waals surface area contributed by atoms with Gasteiger partial charge >= 0.3 is 0 Å². The number of halogens is 2. The molecule has 180 valence electrons. The molecular formula is C23H19ClFN5O3S2. The van der Waals surface area contributed by atoms with Gasteiger partial charge in [0.2, 0.25) is 5.91 Å². The number of benzene rings is 2. The maximum Gasteiger partial charge on any atom is 0.293 e. The molecule has 1 aliphatic heterocycles. The Morgan fingerprint density at radius 1 is 1.17 bits per heavy atom. The van der Waals surface area contributed by atoms with Gasteiger partial charge in [-0.25, -0.2) is 4.39 Å².